The predicted molar refractivity (Wildman–Crippen MR) is 165 cm³/mol. The maximum absolute atomic E-state index is 13.8. The Kier molecular flexibility index (Phi) is 9.45. The van der Waals surface area contributed by atoms with Crippen LogP contribution < -0.4 is 10.2 Å². The Morgan fingerprint density at radius 3 is 2.24 bits per heavy atom. The molecule has 2 N–H and O–H groups in total. The van der Waals surface area contributed by atoms with E-state index in [1.165, 1.54) is 0 Å². The van der Waals surface area contributed by atoms with Crippen LogP contribution in [-0.4, -0.2) is 107 Å². The quantitative estimate of drug-likeness (QED) is 0.314. The number of anilines is 1. The molecule has 2 aliphatic heterocycles. The zero-order chi connectivity index (χ0) is 32.3. The van der Waals surface area contributed by atoms with Crippen molar-refractivity contribution < 1.29 is 33.8 Å². The highest BCUT2D eigenvalue weighted by Crippen LogP contribution is 2.48. The third kappa shape index (κ3) is 7.46. The number of fused-ring (bicyclic) bond motifs is 1. The van der Waals surface area contributed by atoms with Gasteiger partial charge in [0.25, 0.3) is 5.91 Å². The minimum Gasteiger partial charge on any atom is -0.450 e. The highest BCUT2D eigenvalue weighted by molar-refractivity contribution is 5.97. The van der Waals surface area contributed by atoms with E-state index in [9.17, 15) is 19.2 Å². The number of carbonyl (C=O) groups is 4. The molecule has 0 spiro atoms. The second-order valence-electron chi connectivity index (χ2n) is 12.9. The monoisotopic (exact) mass is 622 g/mol. The Balaban J connectivity index is 1.30. The molecule has 3 amide bonds. The van der Waals surface area contributed by atoms with Crippen LogP contribution in [0, 0.1) is 17.3 Å². The Hall–Kier alpha value is -4.42. The molecule has 45 heavy (non-hydrogen) atoms. The molecule has 0 bridgehead atoms. The van der Waals surface area contributed by atoms with Crippen molar-refractivity contribution in [2.45, 2.75) is 52.7 Å². The standard InChI is InChI=1S/C32H42N6O7/c1-5-6-16-44-30(41)37-14-12-36(13-15-37)29(40)26(32(2,3)4)35-28(39)23-17-24(34-27(33-23)20-10-8-7-9-11-20)38-18-21-22(19-38)25(21)45-31(42)43/h7-11,17,21-22,25-26H,5-6,12-16,18-19H2,1-4H3,(H,35,39)(H,42,43)/t21-,22+,25-,26-/m1/s1. The number of carboxylic acid groups (broad SMARTS) is 1. The first-order valence-corrected chi connectivity index (χ1v) is 15.6. The number of piperazine rings is 1. The van der Waals surface area contributed by atoms with Crippen molar-refractivity contribution in [2.24, 2.45) is 17.3 Å². The van der Waals surface area contributed by atoms with Crippen LogP contribution in [0.15, 0.2) is 36.4 Å². The SMILES string of the molecule is CCCCOC(=O)N1CCN(C(=O)[C@@H](NC(=O)c2cc(N3C[C@@H]4[C@H](C3)[C@@H]4OC(=O)O)nc(-c3ccccc3)n2)C(C)(C)C)CC1. The molecule has 0 unspecified atom stereocenters. The van der Waals surface area contributed by atoms with E-state index >= 15 is 0 Å². The van der Waals surface area contributed by atoms with Gasteiger partial charge >= 0.3 is 12.2 Å². The Morgan fingerprint density at radius 2 is 1.64 bits per heavy atom. The maximum atomic E-state index is 13.8. The number of hydrogen-bond acceptors (Lipinski definition) is 9. The number of hydrogen-bond donors (Lipinski definition) is 2. The number of piperidine rings is 1. The molecule has 1 saturated carbocycles. The molecule has 4 atom stereocenters. The molecule has 3 aliphatic rings. The van der Waals surface area contributed by atoms with Crippen molar-refractivity contribution in [3.05, 3.63) is 42.1 Å². The number of benzene rings is 1. The highest BCUT2D eigenvalue weighted by Gasteiger charge is 2.59. The van der Waals surface area contributed by atoms with Crippen molar-refractivity contribution in [1.82, 2.24) is 25.1 Å². The van der Waals surface area contributed by atoms with Gasteiger partial charge in [-0.1, -0.05) is 64.4 Å². The molecule has 3 heterocycles. The van der Waals surface area contributed by atoms with E-state index < -0.39 is 23.5 Å². The number of nitrogens with one attached hydrogen (secondary N) is 1. The van der Waals surface area contributed by atoms with Crippen LogP contribution in [0.2, 0.25) is 0 Å². The summed E-state index contributed by atoms with van der Waals surface area (Å²) in [5, 5.41) is 11.9. The lowest BCUT2D eigenvalue weighted by atomic mass is 9.85. The second-order valence-corrected chi connectivity index (χ2v) is 12.9. The van der Waals surface area contributed by atoms with Crippen LogP contribution in [0.4, 0.5) is 15.4 Å². The average Bonchev–Trinajstić information content (AvgIpc) is 3.43. The minimum absolute atomic E-state index is 0.0788. The fourth-order valence-electron chi connectivity index (χ4n) is 5.92. The van der Waals surface area contributed by atoms with Gasteiger partial charge in [0, 0.05) is 62.7 Å². The fourth-order valence-corrected chi connectivity index (χ4v) is 5.92. The van der Waals surface area contributed by atoms with Crippen molar-refractivity contribution in [2.75, 3.05) is 50.8 Å². The van der Waals surface area contributed by atoms with Gasteiger partial charge in [-0.3, -0.25) is 9.59 Å². The first-order chi connectivity index (χ1) is 21.5. The summed E-state index contributed by atoms with van der Waals surface area (Å²) in [6.45, 7) is 10.6. The summed E-state index contributed by atoms with van der Waals surface area (Å²) in [4.78, 5) is 65.6. The van der Waals surface area contributed by atoms with Crippen molar-refractivity contribution in [1.29, 1.82) is 0 Å². The number of ether oxygens (including phenoxy) is 2. The predicted octanol–water partition coefficient (Wildman–Crippen LogP) is 3.50. The lowest BCUT2D eigenvalue weighted by Crippen LogP contribution is -2.59. The smallest absolute Gasteiger partial charge is 0.450 e. The molecule has 1 aromatic carbocycles. The van der Waals surface area contributed by atoms with E-state index in [0.717, 1.165) is 18.4 Å². The number of nitrogens with zero attached hydrogens (tertiary/aromatic N) is 5. The summed E-state index contributed by atoms with van der Waals surface area (Å²) in [5.74, 6) is 0.356. The lowest BCUT2D eigenvalue weighted by molar-refractivity contribution is -0.137. The Morgan fingerprint density at radius 1 is 1.00 bits per heavy atom. The van der Waals surface area contributed by atoms with Gasteiger partial charge in [-0.25, -0.2) is 19.6 Å². The Labute approximate surface area is 262 Å². The first kappa shape index (κ1) is 32.0. The average molecular weight is 623 g/mol. The molecular weight excluding hydrogens is 580 g/mol. The van der Waals surface area contributed by atoms with Crippen LogP contribution in [0.5, 0.6) is 0 Å². The molecule has 0 radical (unpaired) electrons. The molecule has 5 rings (SSSR count). The van der Waals surface area contributed by atoms with E-state index in [2.05, 4.69) is 10.3 Å². The van der Waals surface area contributed by atoms with Crippen LogP contribution in [0.1, 0.15) is 51.0 Å². The summed E-state index contributed by atoms with van der Waals surface area (Å²) in [6.07, 6.45) is -0.223. The van der Waals surface area contributed by atoms with Gasteiger partial charge in [-0.05, 0) is 11.8 Å². The molecular formula is C32H42N6O7. The number of carbonyl (C=O) groups excluding carboxylic acids is 3. The van der Waals surface area contributed by atoms with Crippen LogP contribution in [0.25, 0.3) is 11.4 Å². The van der Waals surface area contributed by atoms with Crippen LogP contribution in [0.3, 0.4) is 0 Å². The summed E-state index contributed by atoms with van der Waals surface area (Å²) < 4.78 is 10.3. The fraction of sp³-hybridized carbons (Fsp3) is 0.562. The number of amides is 3. The molecule has 13 nitrogen and oxygen atoms in total. The maximum Gasteiger partial charge on any atom is 0.506 e. The van der Waals surface area contributed by atoms with Gasteiger partial charge in [-0.2, -0.15) is 0 Å². The minimum atomic E-state index is -1.27. The summed E-state index contributed by atoms with van der Waals surface area (Å²) in [6, 6.07) is 10.1. The molecule has 2 aromatic rings. The Bertz CT molecular complexity index is 1390. The topological polar surface area (TPSA) is 154 Å². The van der Waals surface area contributed by atoms with E-state index in [1.54, 1.807) is 15.9 Å². The summed E-state index contributed by atoms with van der Waals surface area (Å²) in [7, 11) is 0. The van der Waals surface area contributed by atoms with Gasteiger partial charge in [-0.15, -0.1) is 0 Å². The largest absolute Gasteiger partial charge is 0.506 e. The van der Waals surface area contributed by atoms with Crippen molar-refractivity contribution in [3.63, 3.8) is 0 Å². The second kappa shape index (κ2) is 13.3. The third-order valence-corrected chi connectivity index (χ3v) is 8.61. The van der Waals surface area contributed by atoms with E-state index in [4.69, 9.17) is 19.6 Å². The van der Waals surface area contributed by atoms with Crippen LogP contribution in [-0.2, 0) is 14.3 Å². The van der Waals surface area contributed by atoms with Gasteiger partial charge < -0.3 is 34.6 Å². The zero-order valence-electron chi connectivity index (χ0n) is 26.3. The first-order valence-electron chi connectivity index (χ1n) is 15.6. The molecule has 2 saturated heterocycles. The highest BCUT2D eigenvalue weighted by atomic mass is 16.7. The molecule has 13 heteroatoms. The van der Waals surface area contributed by atoms with Crippen molar-refractivity contribution >= 4 is 29.9 Å². The number of rotatable bonds is 9. The van der Waals surface area contributed by atoms with E-state index in [0.29, 0.717) is 57.5 Å². The van der Waals surface area contributed by atoms with E-state index in [1.807, 2.05) is 62.9 Å². The summed E-state index contributed by atoms with van der Waals surface area (Å²) >= 11 is 0. The van der Waals surface area contributed by atoms with E-state index in [-0.39, 0.29) is 35.6 Å². The summed E-state index contributed by atoms with van der Waals surface area (Å²) in [5.41, 5.74) is 0.245. The van der Waals surface area contributed by atoms with Crippen LogP contribution >= 0.6 is 0 Å². The van der Waals surface area contributed by atoms with Gasteiger partial charge in [0.2, 0.25) is 5.91 Å². The van der Waals surface area contributed by atoms with Gasteiger partial charge in [0.05, 0.1) is 6.61 Å². The van der Waals surface area contributed by atoms with Gasteiger partial charge in [0.15, 0.2) is 5.82 Å². The lowest BCUT2D eigenvalue weighted by Gasteiger charge is -2.39. The zero-order valence-corrected chi connectivity index (χ0v) is 26.3. The normalized spacial score (nSPS) is 21.5. The molecule has 1 aliphatic carbocycles. The third-order valence-electron chi connectivity index (χ3n) is 8.61. The molecule has 242 valence electrons. The number of unbranched alkanes of at least 4 members (excludes halogenated alkanes) is 1. The van der Waals surface area contributed by atoms with Crippen molar-refractivity contribution in [3.8, 4) is 11.4 Å². The molecule has 1 aromatic heterocycles. The number of aromatic nitrogens is 2. The van der Waals surface area contributed by atoms with Gasteiger partial charge in [0.1, 0.15) is 23.7 Å². The molecule has 3 fully saturated rings.